The molecule has 0 radical (unpaired) electrons. The lowest BCUT2D eigenvalue weighted by Crippen LogP contribution is -2.41. The molecule has 0 aromatic rings. The number of hydrogen-bond acceptors (Lipinski definition) is 3. The van der Waals surface area contributed by atoms with Gasteiger partial charge in [-0.1, -0.05) is 20.8 Å². The number of hydrogen-bond donors (Lipinski definition) is 3. The van der Waals surface area contributed by atoms with Gasteiger partial charge in [-0.25, -0.2) is 0 Å². The molecule has 0 aliphatic carbocycles. The zero-order valence-electron chi connectivity index (χ0n) is 10.9. The van der Waals surface area contributed by atoms with Gasteiger partial charge < -0.3 is 16.0 Å². The minimum absolute atomic E-state index is 0.00658. The van der Waals surface area contributed by atoms with Crippen LogP contribution in [-0.2, 0) is 9.59 Å². The Kier molecular flexibility index (Phi) is 5.41. The molecule has 3 N–H and O–H groups in total. The topological polar surface area (TPSA) is 70.2 Å². The number of carbonyl (C=O) groups excluding carboxylic acids is 2. The van der Waals surface area contributed by atoms with E-state index in [1.165, 1.54) is 0 Å². The summed E-state index contributed by atoms with van der Waals surface area (Å²) in [5, 5.41) is 8.63. The third-order valence-electron chi connectivity index (χ3n) is 2.98. The van der Waals surface area contributed by atoms with Crippen molar-refractivity contribution >= 4 is 11.8 Å². The summed E-state index contributed by atoms with van der Waals surface area (Å²) >= 11 is 0. The maximum Gasteiger partial charge on any atom is 0.239 e. The van der Waals surface area contributed by atoms with E-state index in [1.807, 2.05) is 20.8 Å². The normalized spacial score (nSPS) is 23.8. The monoisotopic (exact) mass is 241 g/mol. The number of nitrogens with one attached hydrogen (secondary N) is 3. The SMILES string of the molecule is CC(C)CNC(=O)CNC(=O)C1CNCC1C. The molecule has 0 aromatic carbocycles. The first kappa shape index (κ1) is 14.0. The van der Waals surface area contributed by atoms with E-state index in [0.29, 0.717) is 24.9 Å². The Bertz CT molecular complexity index is 279. The summed E-state index contributed by atoms with van der Waals surface area (Å²) in [6.45, 7) is 8.42. The standard InChI is InChI=1S/C12H23N3O2/c1-8(2)4-14-11(16)7-15-12(17)10-6-13-5-9(10)3/h8-10,13H,4-7H2,1-3H3,(H,14,16)(H,15,17). The Hall–Kier alpha value is -1.10. The van der Waals surface area contributed by atoms with Crippen molar-refractivity contribution in [2.45, 2.75) is 20.8 Å². The van der Waals surface area contributed by atoms with Crippen LogP contribution < -0.4 is 16.0 Å². The fraction of sp³-hybridized carbons (Fsp3) is 0.833. The van der Waals surface area contributed by atoms with Crippen LogP contribution >= 0.6 is 0 Å². The highest BCUT2D eigenvalue weighted by atomic mass is 16.2. The quantitative estimate of drug-likeness (QED) is 0.620. The molecular weight excluding hydrogens is 218 g/mol. The molecule has 0 saturated carbocycles. The van der Waals surface area contributed by atoms with Crippen LogP contribution in [0.5, 0.6) is 0 Å². The van der Waals surface area contributed by atoms with Crippen LogP contribution in [0.2, 0.25) is 0 Å². The van der Waals surface area contributed by atoms with E-state index in [-0.39, 0.29) is 24.3 Å². The molecule has 98 valence electrons. The van der Waals surface area contributed by atoms with E-state index in [0.717, 1.165) is 6.54 Å². The third-order valence-corrected chi connectivity index (χ3v) is 2.98. The molecular formula is C12H23N3O2. The molecule has 0 bridgehead atoms. The summed E-state index contributed by atoms with van der Waals surface area (Å²) < 4.78 is 0. The van der Waals surface area contributed by atoms with Gasteiger partial charge in [-0.05, 0) is 18.4 Å². The second-order valence-electron chi connectivity index (χ2n) is 5.16. The minimum atomic E-state index is -0.120. The van der Waals surface area contributed by atoms with Crippen molar-refractivity contribution in [3.63, 3.8) is 0 Å². The summed E-state index contributed by atoms with van der Waals surface area (Å²) in [6.07, 6.45) is 0. The van der Waals surface area contributed by atoms with Crippen molar-refractivity contribution < 1.29 is 9.59 Å². The molecule has 0 spiro atoms. The second-order valence-corrected chi connectivity index (χ2v) is 5.16. The smallest absolute Gasteiger partial charge is 0.239 e. The van der Waals surface area contributed by atoms with Gasteiger partial charge in [0.2, 0.25) is 11.8 Å². The lowest BCUT2D eigenvalue weighted by molar-refractivity contribution is -0.128. The summed E-state index contributed by atoms with van der Waals surface area (Å²) in [5.41, 5.74) is 0. The Morgan fingerprint density at radius 1 is 1.29 bits per heavy atom. The predicted molar refractivity (Wildman–Crippen MR) is 66.4 cm³/mol. The van der Waals surface area contributed by atoms with Gasteiger partial charge in [-0.15, -0.1) is 0 Å². The molecule has 5 heteroatoms. The first-order valence-electron chi connectivity index (χ1n) is 6.25. The number of carbonyl (C=O) groups is 2. The maximum absolute atomic E-state index is 11.8. The molecule has 0 aromatic heterocycles. The fourth-order valence-electron chi connectivity index (χ4n) is 1.84. The van der Waals surface area contributed by atoms with Gasteiger partial charge in [0.1, 0.15) is 0 Å². The van der Waals surface area contributed by atoms with Gasteiger partial charge in [0.15, 0.2) is 0 Å². The van der Waals surface area contributed by atoms with Crippen LogP contribution in [0, 0.1) is 17.8 Å². The Morgan fingerprint density at radius 3 is 2.53 bits per heavy atom. The predicted octanol–water partition coefficient (Wildman–Crippen LogP) is -0.270. The number of amides is 2. The zero-order valence-corrected chi connectivity index (χ0v) is 10.9. The van der Waals surface area contributed by atoms with Crippen molar-refractivity contribution in [1.82, 2.24) is 16.0 Å². The van der Waals surface area contributed by atoms with E-state index in [4.69, 9.17) is 0 Å². The highest BCUT2D eigenvalue weighted by molar-refractivity contribution is 5.86. The van der Waals surface area contributed by atoms with E-state index < -0.39 is 0 Å². The molecule has 17 heavy (non-hydrogen) atoms. The Morgan fingerprint density at radius 2 is 2.00 bits per heavy atom. The van der Waals surface area contributed by atoms with Gasteiger partial charge in [-0.3, -0.25) is 9.59 Å². The van der Waals surface area contributed by atoms with Crippen LogP contribution in [0.25, 0.3) is 0 Å². The molecule has 1 fully saturated rings. The van der Waals surface area contributed by atoms with Crippen LogP contribution in [0.1, 0.15) is 20.8 Å². The van der Waals surface area contributed by atoms with Gasteiger partial charge in [-0.2, -0.15) is 0 Å². The summed E-state index contributed by atoms with van der Waals surface area (Å²) in [7, 11) is 0. The Balaban J connectivity index is 2.21. The summed E-state index contributed by atoms with van der Waals surface area (Å²) in [5.74, 6) is 0.614. The molecule has 2 unspecified atom stereocenters. The minimum Gasteiger partial charge on any atom is -0.354 e. The molecule has 5 nitrogen and oxygen atoms in total. The lowest BCUT2D eigenvalue weighted by atomic mass is 9.97. The maximum atomic E-state index is 11.8. The van der Waals surface area contributed by atoms with Crippen molar-refractivity contribution in [2.75, 3.05) is 26.2 Å². The summed E-state index contributed by atoms with van der Waals surface area (Å²) in [6, 6.07) is 0. The molecule has 1 rings (SSSR count). The highest BCUT2D eigenvalue weighted by Crippen LogP contribution is 2.15. The summed E-state index contributed by atoms with van der Waals surface area (Å²) in [4.78, 5) is 23.2. The van der Waals surface area contributed by atoms with E-state index in [2.05, 4.69) is 16.0 Å². The molecule has 1 heterocycles. The first-order valence-corrected chi connectivity index (χ1v) is 6.25. The van der Waals surface area contributed by atoms with Crippen molar-refractivity contribution in [2.24, 2.45) is 17.8 Å². The first-order chi connectivity index (χ1) is 8.00. The number of rotatable bonds is 5. The van der Waals surface area contributed by atoms with Crippen molar-refractivity contribution in [3.05, 3.63) is 0 Å². The largest absolute Gasteiger partial charge is 0.354 e. The van der Waals surface area contributed by atoms with Crippen LogP contribution in [-0.4, -0.2) is 38.0 Å². The second kappa shape index (κ2) is 6.59. The zero-order chi connectivity index (χ0) is 12.8. The third kappa shape index (κ3) is 4.73. The molecule has 2 amide bonds. The van der Waals surface area contributed by atoms with Crippen LogP contribution in [0.3, 0.4) is 0 Å². The van der Waals surface area contributed by atoms with Crippen LogP contribution in [0.15, 0.2) is 0 Å². The van der Waals surface area contributed by atoms with Gasteiger partial charge >= 0.3 is 0 Å². The molecule has 1 aliphatic rings. The average Bonchev–Trinajstić information content (AvgIpc) is 2.69. The fourth-order valence-corrected chi connectivity index (χ4v) is 1.84. The molecule has 1 saturated heterocycles. The molecule has 1 aliphatic heterocycles. The van der Waals surface area contributed by atoms with Crippen molar-refractivity contribution in [1.29, 1.82) is 0 Å². The van der Waals surface area contributed by atoms with E-state index >= 15 is 0 Å². The van der Waals surface area contributed by atoms with Gasteiger partial charge in [0, 0.05) is 13.1 Å². The van der Waals surface area contributed by atoms with E-state index in [9.17, 15) is 9.59 Å². The van der Waals surface area contributed by atoms with Gasteiger partial charge in [0.25, 0.3) is 0 Å². The van der Waals surface area contributed by atoms with Crippen molar-refractivity contribution in [3.8, 4) is 0 Å². The van der Waals surface area contributed by atoms with E-state index in [1.54, 1.807) is 0 Å². The average molecular weight is 241 g/mol. The Labute approximate surface area is 103 Å². The lowest BCUT2D eigenvalue weighted by Gasteiger charge is -2.14. The van der Waals surface area contributed by atoms with Gasteiger partial charge in [0.05, 0.1) is 12.5 Å². The van der Waals surface area contributed by atoms with Crippen LogP contribution in [0.4, 0.5) is 0 Å². The molecule has 2 atom stereocenters. The highest BCUT2D eigenvalue weighted by Gasteiger charge is 2.29.